The van der Waals surface area contributed by atoms with Crippen molar-refractivity contribution >= 4 is 17.6 Å². The first-order valence-corrected chi connectivity index (χ1v) is 7.69. The molecule has 25 heavy (non-hydrogen) atoms. The van der Waals surface area contributed by atoms with Crippen LogP contribution in [0.5, 0.6) is 0 Å². The Hall–Kier alpha value is -3.41. The fourth-order valence-corrected chi connectivity index (χ4v) is 2.40. The molecule has 0 saturated carbocycles. The van der Waals surface area contributed by atoms with Gasteiger partial charge >= 0.3 is 5.97 Å². The Labute approximate surface area is 145 Å². The number of esters is 1. The lowest BCUT2D eigenvalue weighted by Crippen LogP contribution is -2.12. The number of ether oxygens (including phenoxy) is 1. The Morgan fingerprint density at radius 2 is 1.60 bits per heavy atom. The quantitative estimate of drug-likeness (QED) is 0.743. The van der Waals surface area contributed by atoms with Crippen LogP contribution in [-0.2, 0) is 4.74 Å². The average molecular weight is 335 g/mol. The molecule has 0 aliphatic heterocycles. The van der Waals surface area contributed by atoms with Crippen LogP contribution in [0.15, 0.2) is 60.8 Å². The average Bonchev–Trinajstić information content (AvgIpc) is 3.07. The normalized spacial score (nSPS) is 10.3. The van der Waals surface area contributed by atoms with Crippen LogP contribution in [0.1, 0.15) is 26.4 Å². The number of methoxy groups -OCH3 is 1. The highest BCUT2D eigenvalue weighted by Gasteiger charge is 2.09. The van der Waals surface area contributed by atoms with Crippen LogP contribution in [0.2, 0.25) is 0 Å². The van der Waals surface area contributed by atoms with E-state index < -0.39 is 5.97 Å². The number of carbonyl (C=O) groups excluding carboxylic acids is 2. The van der Waals surface area contributed by atoms with E-state index >= 15 is 0 Å². The van der Waals surface area contributed by atoms with E-state index in [0.29, 0.717) is 16.8 Å². The van der Waals surface area contributed by atoms with Crippen molar-refractivity contribution in [2.45, 2.75) is 6.92 Å². The van der Waals surface area contributed by atoms with Crippen LogP contribution in [-0.4, -0.2) is 28.8 Å². The molecule has 0 saturated heterocycles. The molecule has 6 nitrogen and oxygen atoms in total. The number of carbonyl (C=O) groups is 2. The zero-order valence-electron chi connectivity index (χ0n) is 13.9. The van der Waals surface area contributed by atoms with Crippen LogP contribution < -0.4 is 5.32 Å². The monoisotopic (exact) mass is 335 g/mol. The van der Waals surface area contributed by atoms with Crippen LogP contribution >= 0.6 is 0 Å². The molecule has 0 spiro atoms. The van der Waals surface area contributed by atoms with E-state index in [9.17, 15) is 9.59 Å². The van der Waals surface area contributed by atoms with Crippen LogP contribution in [0.3, 0.4) is 0 Å². The predicted octanol–water partition coefficient (Wildman–Crippen LogP) is 3.22. The molecule has 1 heterocycles. The Kier molecular flexibility index (Phi) is 4.61. The summed E-state index contributed by atoms with van der Waals surface area (Å²) < 4.78 is 6.44. The number of anilines is 1. The number of aryl methyl sites for hydroxylation is 1. The van der Waals surface area contributed by atoms with E-state index in [1.807, 2.05) is 25.1 Å². The summed E-state index contributed by atoms with van der Waals surface area (Å²) in [6, 6.07) is 15.6. The summed E-state index contributed by atoms with van der Waals surface area (Å²) in [5.74, 6) is -0.642. The number of amides is 1. The number of rotatable bonds is 4. The van der Waals surface area contributed by atoms with Gasteiger partial charge < -0.3 is 10.1 Å². The molecule has 0 unspecified atom stereocenters. The number of hydrogen-bond donors (Lipinski definition) is 1. The molecule has 0 aliphatic carbocycles. The van der Waals surface area contributed by atoms with Gasteiger partial charge in [-0.05, 0) is 61.5 Å². The first-order valence-electron chi connectivity index (χ1n) is 7.69. The first kappa shape index (κ1) is 16.4. The first-order chi connectivity index (χ1) is 12.1. The summed E-state index contributed by atoms with van der Waals surface area (Å²) >= 11 is 0. The molecule has 1 aromatic heterocycles. The largest absolute Gasteiger partial charge is 0.465 e. The standard InChI is InChI=1S/C19H17N3O3/c1-13-11-12-20-22(13)17-9-5-14(6-10-17)18(23)21-16-7-3-15(4-8-16)19(24)25-2/h3-12H,1-2H3,(H,21,23). The third-order valence-corrected chi connectivity index (χ3v) is 3.77. The van der Waals surface area contributed by atoms with Crippen molar-refractivity contribution in [3.05, 3.63) is 77.6 Å². The van der Waals surface area contributed by atoms with Gasteiger partial charge in [0.1, 0.15) is 0 Å². The molecular formula is C19H17N3O3. The number of nitrogens with zero attached hydrogens (tertiary/aromatic N) is 2. The van der Waals surface area contributed by atoms with Crippen molar-refractivity contribution in [3.63, 3.8) is 0 Å². The minimum atomic E-state index is -0.414. The smallest absolute Gasteiger partial charge is 0.337 e. The molecule has 2 aromatic carbocycles. The fraction of sp³-hybridized carbons (Fsp3) is 0.105. The van der Waals surface area contributed by atoms with E-state index in [4.69, 9.17) is 0 Å². The summed E-state index contributed by atoms with van der Waals surface area (Å²) in [6.45, 7) is 1.96. The maximum atomic E-state index is 12.3. The minimum absolute atomic E-state index is 0.227. The second-order valence-corrected chi connectivity index (χ2v) is 5.45. The molecule has 126 valence electrons. The molecule has 3 rings (SSSR count). The van der Waals surface area contributed by atoms with Crippen molar-refractivity contribution < 1.29 is 14.3 Å². The lowest BCUT2D eigenvalue weighted by molar-refractivity contribution is 0.0600. The Balaban J connectivity index is 1.71. The van der Waals surface area contributed by atoms with Crippen molar-refractivity contribution in [3.8, 4) is 5.69 Å². The minimum Gasteiger partial charge on any atom is -0.465 e. The topological polar surface area (TPSA) is 73.2 Å². The highest BCUT2D eigenvalue weighted by atomic mass is 16.5. The SMILES string of the molecule is COC(=O)c1ccc(NC(=O)c2ccc(-n3nccc3C)cc2)cc1. The summed E-state index contributed by atoms with van der Waals surface area (Å²) in [7, 11) is 1.33. The van der Waals surface area contributed by atoms with Gasteiger partial charge in [0.2, 0.25) is 0 Å². The van der Waals surface area contributed by atoms with Gasteiger partial charge in [-0.15, -0.1) is 0 Å². The molecule has 0 bridgehead atoms. The van der Waals surface area contributed by atoms with Crippen LogP contribution in [0.4, 0.5) is 5.69 Å². The summed E-state index contributed by atoms with van der Waals surface area (Å²) in [5, 5.41) is 7.03. The predicted molar refractivity (Wildman–Crippen MR) is 94.0 cm³/mol. The maximum Gasteiger partial charge on any atom is 0.337 e. The number of nitrogens with one attached hydrogen (secondary N) is 1. The molecule has 0 aliphatic rings. The molecule has 1 amide bonds. The van der Waals surface area contributed by atoms with Gasteiger partial charge in [-0.1, -0.05) is 0 Å². The van der Waals surface area contributed by atoms with Gasteiger partial charge in [0.25, 0.3) is 5.91 Å². The third-order valence-electron chi connectivity index (χ3n) is 3.77. The van der Waals surface area contributed by atoms with Crippen molar-refractivity contribution in [1.82, 2.24) is 9.78 Å². The molecule has 0 atom stereocenters. The third kappa shape index (κ3) is 3.58. The van der Waals surface area contributed by atoms with Gasteiger partial charge in [-0.25, -0.2) is 9.48 Å². The highest BCUT2D eigenvalue weighted by Crippen LogP contribution is 2.14. The Morgan fingerprint density at radius 1 is 0.960 bits per heavy atom. The van der Waals surface area contributed by atoms with Gasteiger partial charge in [0.15, 0.2) is 0 Å². The molecular weight excluding hydrogens is 318 g/mol. The molecule has 0 fully saturated rings. The van der Waals surface area contributed by atoms with Crippen molar-refractivity contribution in [1.29, 1.82) is 0 Å². The van der Waals surface area contributed by atoms with Gasteiger partial charge in [-0.3, -0.25) is 4.79 Å². The number of hydrogen-bond acceptors (Lipinski definition) is 4. The molecule has 3 aromatic rings. The van der Waals surface area contributed by atoms with Crippen LogP contribution in [0.25, 0.3) is 5.69 Å². The summed E-state index contributed by atoms with van der Waals surface area (Å²) in [6.07, 6.45) is 1.73. The van der Waals surface area contributed by atoms with E-state index in [-0.39, 0.29) is 5.91 Å². The molecule has 0 radical (unpaired) electrons. The lowest BCUT2D eigenvalue weighted by Gasteiger charge is -2.08. The second kappa shape index (κ2) is 7.00. The molecule has 1 N–H and O–H groups in total. The second-order valence-electron chi connectivity index (χ2n) is 5.45. The van der Waals surface area contributed by atoms with E-state index in [1.54, 1.807) is 47.3 Å². The van der Waals surface area contributed by atoms with E-state index in [2.05, 4.69) is 15.2 Å². The van der Waals surface area contributed by atoms with Crippen LogP contribution in [0, 0.1) is 6.92 Å². The number of aromatic nitrogens is 2. The Bertz CT molecular complexity index is 896. The van der Waals surface area contributed by atoms with E-state index in [0.717, 1.165) is 11.4 Å². The molecule has 6 heteroatoms. The van der Waals surface area contributed by atoms with Gasteiger partial charge in [-0.2, -0.15) is 5.10 Å². The van der Waals surface area contributed by atoms with Gasteiger partial charge in [0.05, 0.1) is 18.4 Å². The highest BCUT2D eigenvalue weighted by molar-refractivity contribution is 6.04. The van der Waals surface area contributed by atoms with E-state index in [1.165, 1.54) is 7.11 Å². The zero-order valence-corrected chi connectivity index (χ0v) is 13.9. The lowest BCUT2D eigenvalue weighted by atomic mass is 10.1. The fourth-order valence-electron chi connectivity index (χ4n) is 2.40. The van der Waals surface area contributed by atoms with Crippen molar-refractivity contribution in [2.24, 2.45) is 0 Å². The summed E-state index contributed by atoms with van der Waals surface area (Å²) in [4.78, 5) is 23.7. The zero-order chi connectivity index (χ0) is 17.8. The van der Waals surface area contributed by atoms with Crippen molar-refractivity contribution in [2.75, 3.05) is 12.4 Å². The number of benzene rings is 2. The van der Waals surface area contributed by atoms with Gasteiger partial charge in [0, 0.05) is 23.1 Å². The maximum absolute atomic E-state index is 12.3. The summed E-state index contributed by atoms with van der Waals surface area (Å²) in [5.41, 5.74) is 3.47. The Morgan fingerprint density at radius 3 is 2.16 bits per heavy atom.